The van der Waals surface area contributed by atoms with Gasteiger partial charge in [0.25, 0.3) is 0 Å². The lowest BCUT2D eigenvalue weighted by atomic mass is 10.0. The molecule has 0 saturated heterocycles. The SMILES string of the molecule is CCOc1ccc(/C=C/C(=O)Nc2scc(-c3ccc(F)cc3)c2C(=O)OC)cc1OC. The first-order valence-corrected chi connectivity index (χ1v) is 10.6. The van der Waals surface area contributed by atoms with Crippen molar-refractivity contribution in [2.24, 2.45) is 0 Å². The molecule has 1 N–H and O–H groups in total. The Bertz CT molecular complexity index is 1140. The second kappa shape index (κ2) is 10.6. The van der Waals surface area contributed by atoms with Gasteiger partial charge in [-0.25, -0.2) is 9.18 Å². The molecule has 6 nitrogen and oxygen atoms in total. The van der Waals surface area contributed by atoms with Crippen LogP contribution < -0.4 is 14.8 Å². The maximum absolute atomic E-state index is 13.3. The molecule has 0 unspecified atom stereocenters. The third kappa shape index (κ3) is 5.33. The van der Waals surface area contributed by atoms with Crippen LogP contribution >= 0.6 is 11.3 Å². The monoisotopic (exact) mass is 455 g/mol. The van der Waals surface area contributed by atoms with E-state index >= 15 is 0 Å². The number of anilines is 1. The van der Waals surface area contributed by atoms with Gasteiger partial charge in [-0.2, -0.15) is 0 Å². The Kier molecular flexibility index (Phi) is 7.62. The average Bonchev–Trinajstić information content (AvgIpc) is 3.21. The second-order valence-electron chi connectivity index (χ2n) is 6.52. The molecule has 1 aromatic heterocycles. The van der Waals surface area contributed by atoms with E-state index in [1.165, 1.54) is 36.7 Å². The molecule has 0 spiro atoms. The number of ether oxygens (including phenoxy) is 3. The van der Waals surface area contributed by atoms with Crippen molar-refractivity contribution >= 4 is 34.3 Å². The second-order valence-corrected chi connectivity index (χ2v) is 7.40. The summed E-state index contributed by atoms with van der Waals surface area (Å²) in [5, 5.41) is 4.78. The Morgan fingerprint density at radius 2 is 1.84 bits per heavy atom. The summed E-state index contributed by atoms with van der Waals surface area (Å²) in [6, 6.07) is 11.1. The van der Waals surface area contributed by atoms with Crippen LogP contribution in [0.5, 0.6) is 11.5 Å². The maximum Gasteiger partial charge on any atom is 0.341 e. The van der Waals surface area contributed by atoms with Crippen molar-refractivity contribution in [2.75, 3.05) is 26.1 Å². The molecule has 0 aliphatic heterocycles. The number of hydrogen-bond acceptors (Lipinski definition) is 6. The standard InChI is InChI=1S/C24H22FNO5S/c1-4-31-19-11-5-15(13-20(19)29-2)6-12-21(27)26-23-22(24(28)30-3)18(14-32-23)16-7-9-17(25)10-8-16/h5-14H,4H2,1-3H3,(H,26,27)/b12-6+. The number of carbonyl (C=O) groups excluding carboxylic acids is 2. The van der Waals surface area contributed by atoms with E-state index < -0.39 is 11.9 Å². The third-order valence-corrected chi connectivity index (χ3v) is 5.38. The van der Waals surface area contributed by atoms with Gasteiger partial charge in [0.1, 0.15) is 16.4 Å². The lowest BCUT2D eigenvalue weighted by molar-refractivity contribution is -0.111. The quantitative estimate of drug-likeness (QED) is 0.364. The average molecular weight is 456 g/mol. The topological polar surface area (TPSA) is 73.9 Å². The van der Waals surface area contributed by atoms with Crippen LogP contribution in [0, 0.1) is 5.82 Å². The van der Waals surface area contributed by atoms with Crippen LogP contribution in [0.2, 0.25) is 0 Å². The highest BCUT2D eigenvalue weighted by atomic mass is 32.1. The summed E-state index contributed by atoms with van der Waals surface area (Å²) in [6.45, 7) is 2.39. The zero-order valence-electron chi connectivity index (χ0n) is 17.8. The molecule has 0 aliphatic rings. The summed E-state index contributed by atoms with van der Waals surface area (Å²) in [6.07, 6.45) is 2.98. The van der Waals surface area contributed by atoms with E-state index in [0.29, 0.717) is 34.2 Å². The lowest BCUT2D eigenvalue weighted by Crippen LogP contribution is -2.11. The highest BCUT2D eigenvalue weighted by Gasteiger charge is 2.22. The minimum absolute atomic E-state index is 0.216. The molecular weight excluding hydrogens is 433 g/mol. The molecule has 1 heterocycles. The van der Waals surface area contributed by atoms with E-state index in [9.17, 15) is 14.0 Å². The molecule has 1 amide bonds. The molecule has 8 heteroatoms. The number of nitrogens with one attached hydrogen (secondary N) is 1. The Balaban J connectivity index is 1.82. The van der Waals surface area contributed by atoms with Crippen LogP contribution in [-0.2, 0) is 9.53 Å². The van der Waals surface area contributed by atoms with Crippen molar-refractivity contribution in [1.82, 2.24) is 0 Å². The molecule has 3 aromatic rings. The molecule has 0 aliphatic carbocycles. The van der Waals surface area contributed by atoms with Gasteiger partial charge in [0.05, 0.1) is 20.8 Å². The summed E-state index contributed by atoms with van der Waals surface area (Å²) in [5.74, 6) is -0.222. The molecule has 0 bridgehead atoms. The van der Waals surface area contributed by atoms with Crippen molar-refractivity contribution in [3.05, 3.63) is 70.9 Å². The summed E-state index contributed by atoms with van der Waals surface area (Å²) in [7, 11) is 2.81. The van der Waals surface area contributed by atoms with Gasteiger partial charge in [-0.05, 0) is 48.4 Å². The number of amides is 1. The van der Waals surface area contributed by atoms with Gasteiger partial charge in [-0.3, -0.25) is 4.79 Å². The van der Waals surface area contributed by atoms with Crippen LogP contribution in [-0.4, -0.2) is 32.7 Å². The zero-order valence-corrected chi connectivity index (χ0v) is 18.6. The van der Waals surface area contributed by atoms with Gasteiger partial charge >= 0.3 is 5.97 Å². The van der Waals surface area contributed by atoms with Gasteiger partial charge in [0.15, 0.2) is 11.5 Å². The van der Waals surface area contributed by atoms with E-state index in [-0.39, 0.29) is 11.4 Å². The molecule has 3 rings (SSSR count). The van der Waals surface area contributed by atoms with E-state index in [4.69, 9.17) is 14.2 Å². The molecule has 2 aromatic carbocycles. The highest BCUT2D eigenvalue weighted by Crippen LogP contribution is 2.36. The van der Waals surface area contributed by atoms with E-state index in [2.05, 4.69) is 5.32 Å². The number of methoxy groups -OCH3 is 2. The fourth-order valence-corrected chi connectivity index (χ4v) is 3.94. The number of esters is 1. The molecule has 166 valence electrons. The first-order chi connectivity index (χ1) is 15.5. The maximum atomic E-state index is 13.3. The first kappa shape index (κ1) is 23.0. The number of rotatable bonds is 8. The van der Waals surface area contributed by atoms with Crippen LogP contribution in [0.3, 0.4) is 0 Å². The van der Waals surface area contributed by atoms with E-state index in [0.717, 1.165) is 5.56 Å². The molecule has 0 radical (unpaired) electrons. The number of thiophene rings is 1. The number of carbonyl (C=O) groups is 2. The van der Waals surface area contributed by atoms with Crippen LogP contribution in [0.4, 0.5) is 9.39 Å². The molecule has 32 heavy (non-hydrogen) atoms. The fraction of sp³-hybridized carbons (Fsp3) is 0.167. The first-order valence-electron chi connectivity index (χ1n) is 9.72. The normalized spacial score (nSPS) is 10.8. The Morgan fingerprint density at radius 3 is 2.50 bits per heavy atom. The number of hydrogen-bond donors (Lipinski definition) is 1. The van der Waals surface area contributed by atoms with Crippen molar-refractivity contribution < 1.29 is 28.2 Å². The lowest BCUT2D eigenvalue weighted by Gasteiger charge is -2.09. The van der Waals surface area contributed by atoms with Gasteiger partial charge in [-0.1, -0.05) is 18.2 Å². The minimum Gasteiger partial charge on any atom is -0.493 e. The Morgan fingerprint density at radius 1 is 1.09 bits per heavy atom. The Labute approximate surface area is 189 Å². The van der Waals surface area contributed by atoms with Gasteiger partial charge in [0, 0.05) is 17.0 Å². The fourth-order valence-electron chi connectivity index (χ4n) is 2.98. The van der Waals surface area contributed by atoms with E-state index in [1.54, 1.807) is 48.9 Å². The summed E-state index contributed by atoms with van der Waals surface area (Å²) >= 11 is 1.19. The number of halogens is 1. The van der Waals surface area contributed by atoms with Gasteiger partial charge in [0.2, 0.25) is 5.91 Å². The van der Waals surface area contributed by atoms with Crippen LogP contribution in [0.25, 0.3) is 17.2 Å². The van der Waals surface area contributed by atoms with Crippen molar-refractivity contribution in [1.29, 1.82) is 0 Å². The Hall–Kier alpha value is -3.65. The predicted octanol–water partition coefficient (Wildman–Crippen LogP) is 5.40. The summed E-state index contributed by atoms with van der Waals surface area (Å²) in [4.78, 5) is 24.9. The molecular formula is C24H22FNO5S. The third-order valence-electron chi connectivity index (χ3n) is 4.49. The van der Waals surface area contributed by atoms with Crippen molar-refractivity contribution in [3.8, 4) is 22.6 Å². The van der Waals surface area contributed by atoms with Crippen molar-refractivity contribution in [2.45, 2.75) is 6.92 Å². The molecule has 0 fully saturated rings. The van der Waals surface area contributed by atoms with Crippen LogP contribution in [0.1, 0.15) is 22.8 Å². The molecule has 0 atom stereocenters. The molecule has 0 saturated carbocycles. The van der Waals surface area contributed by atoms with Gasteiger partial charge < -0.3 is 19.5 Å². The zero-order chi connectivity index (χ0) is 23.1. The number of benzene rings is 2. The largest absolute Gasteiger partial charge is 0.493 e. The van der Waals surface area contributed by atoms with Crippen LogP contribution in [0.15, 0.2) is 53.9 Å². The predicted molar refractivity (Wildman–Crippen MR) is 123 cm³/mol. The summed E-state index contributed by atoms with van der Waals surface area (Å²) < 4.78 is 29.0. The smallest absolute Gasteiger partial charge is 0.341 e. The minimum atomic E-state index is -0.596. The highest BCUT2D eigenvalue weighted by molar-refractivity contribution is 7.15. The summed E-state index contributed by atoms with van der Waals surface area (Å²) in [5.41, 5.74) is 2.15. The van der Waals surface area contributed by atoms with Crippen molar-refractivity contribution in [3.63, 3.8) is 0 Å². The van der Waals surface area contributed by atoms with E-state index in [1.807, 2.05) is 6.92 Å². The van der Waals surface area contributed by atoms with Gasteiger partial charge in [-0.15, -0.1) is 11.3 Å².